The zero-order valence-electron chi connectivity index (χ0n) is 11.7. The van der Waals surface area contributed by atoms with Crippen molar-refractivity contribution in [3.05, 3.63) is 59.9 Å². The average Bonchev–Trinajstić information content (AvgIpc) is 2.23. The zero-order valence-corrected chi connectivity index (χ0v) is 11.7. The van der Waals surface area contributed by atoms with Crippen LogP contribution in [0.4, 0.5) is 0 Å². The van der Waals surface area contributed by atoms with Crippen molar-refractivity contribution in [1.29, 1.82) is 0 Å². The van der Waals surface area contributed by atoms with Crippen LogP contribution in [0.1, 0.15) is 34.6 Å². The Balaban J connectivity index is 5.36. The van der Waals surface area contributed by atoms with Crippen LogP contribution >= 0.6 is 0 Å². The van der Waals surface area contributed by atoms with E-state index in [2.05, 4.69) is 18.2 Å². The van der Waals surface area contributed by atoms with Gasteiger partial charge in [-0.1, -0.05) is 43.0 Å². The smallest absolute Gasteiger partial charge is 0.0613 e. The van der Waals surface area contributed by atoms with Gasteiger partial charge in [0.15, 0.2) is 0 Å². The molecule has 0 saturated carbocycles. The Bertz CT molecular complexity index is 415. The molecule has 1 nitrogen and oxygen atoms in total. The maximum atomic E-state index is 4.58. The van der Waals surface area contributed by atoms with Crippen molar-refractivity contribution in [3.63, 3.8) is 0 Å². The first-order valence-corrected chi connectivity index (χ1v) is 5.80. The number of allylic oxidation sites excluding steroid dienone is 7. The molecule has 0 aromatic carbocycles. The summed E-state index contributed by atoms with van der Waals surface area (Å²) < 4.78 is 0. The molecule has 0 saturated heterocycles. The Labute approximate surface area is 106 Å². The van der Waals surface area contributed by atoms with Crippen molar-refractivity contribution in [3.8, 4) is 0 Å². The van der Waals surface area contributed by atoms with Crippen LogP contribution in [-0.4, -0.2) is 5.71 Å². The van der Waals surface area contributed by atoms with Gasteiger partial charge in [0.05, 0.1) is 5.70 Å². The van der Waals surface area contributed by atoms with E-state index in [1.807, 2.05) is 58.9 Å². The fraction of sp³-hybridized carbons (Fsp3) is 0.312. The molecule has 0 aliphatic carbocycles. The van der Waals surface area contributed by atoms with E-state index in [4.69, 9.17) is 0 Å². The normalized spacial score (nSPS) is 14.3. The lowest BCUT2D eigenvalue weighted by atomic mass is 10.1. The molecule has 0 spiro atoms. The van der Waals surface area contributed by atoms with Gasteiger partial charge in [0.25, 0.3) is 0 Å². The average molecular weight is 229 g/mol. The molecule has 17 heavy (non-hydrogen) atoms. The summed E-state index contributed by atoms with van der Waals surface area (Å²) in [5, 5.41) is 0. The van der Waals surface area contributed by atoms with E-state index >= 15 is 0 Å². The second-order valence-electron chi connectivity index (χ2n) is 4.10. The fourth-order valence-electron chi connectivity index (χ4n) is 1.37. The first-order valence-electron chi connectivity index (χ1n) is 5.80. The van der Waals surface area contributed by atoms with E-state index in [0.29, 0.717) is 0 Å². The minimum Gasteiger partial charge on any atom is -0.253 e. The molecule has 0 aromatic rings. The van der Waals surface area contributed by atoms with Gasteiger partial charge in [-0.3, -0.25) is 4.99 Å². The van der Waals surface area contributed by atoms with Crippen LogP contribution in [0.15, 0.2) is 64.9 Å². The predicted molar refractivity (Wildman–Crippen MR) is 79.4 cm³/mol. The molecular formula is C16H23N. The summed E-state index contributed by atoms with van der Waals surface area (Å²) in [7, 11) is 0. The van der Waals surface area contributed by atoms with Crippen LogP contribution in [0, 0.1) is 0 Å². The number of rotatable bonds is 5. The Morgan fingerprint density at radius 1 is 1.06 bits per heavy atom. The van der Waals surface area contributed by atoms with Crippen LogP contribution in [-0.2, 0) is 0 Å². The Kier molecular flexibility index (Phi) is 6.88. The molecule has 0 rings (SSSR count). The van der Waals surface area contributed by atoms with E-state index in [-0.39, 0.29) is 0 Å². The highest BCUT2D eigenvalue weighted by molar-refractivity contribution is 6.01. The molecule has 0 radical (unpaired) electrons. The van der Waals surface area contributed by atoms with Crippen molar-refractivity contribution < 1.29 is 0 Å². The van der Waals surface area contributed by atoms with Crippen molar-refractivity contribution in [2.75, 3.05) is 0 Å². The standard InChI is InChI=1S/C16H23N/c1-8-10-15(11-12(3)4)14(7)17-16(9-2)13(5)6/h8-11H,3,5H2,1-2,4,6-7H3/b10-8-,15-11+,16-9-,17-14-. The summed E-state index contributed by atoms with van der Waals surface area (Å²) in [6, 6.07) is 0. The zero-order chi connectivity index (χ0) is 13.4. The van der Waals surface area contributed by atoms with Gasteiger partial charge in [-0.05, 0) is 45.8 Å². The number of aliphatic imine (C=N–C) groups is 1. The Morgan fingerprint density at radius 2 is 1.65 bits per heavy atom. The number of nitrogens with zero attached hydrogens (tertiary/aromatic N) is 1. The highest BCUT2D eigenvalue weighted by Gasteiger charge is 2.00. The monoisotopic (exact) mass is 229 g/mol. The minimum atomic E-state index is 0.930. The lowest BCUT2D eigenvalue weighted by Gasteiger charge is -2.05. The molecule has 0 atom stereocenters. The minimum absolute atomic E-state index is 0.930. The van der Waals surface area contributed by atoms with Gasteiger partial charge in [-0.15, -0.1) is 0 Å². The van der Waals surface area contributed by atoms with E-state index < -0.39 is 0 Å². The largest absolute Gasteiger partial charge is 0.253 e. The van der Waals surface area contributed by atoms with Crippen LogP contribution in [0.25, 0.3) is 0 Å². The van der Waals surface area contributed by atoms with E-state index in [1.165, 1.54) is 0 Å². The van der Waals surface area contributed by atoms with Crippen molar-refractivity contribution in [1.82, 2.24) is 0 Å². The fourth-order valence-corrected chi connectivity index (χ4v) is 1.37. The maximum absolute atomic E-state index is 4.58. The molecule has 0 aliphatic heterocycles. The maximum Gasteiger partial charge on any atom is 0.0613 e. The summed E-state index contributed by atoms with van der Waals surface area (Å²) in [5.41, 5.74) is 4.98. The van der Waals surface area contributed by atoms with Gasteiger partial charge < -0.3 is 0 Å². The second-order valence-corrected chi connectivity index (χ2v) is 4.10. The first kappa shape index (κ1) is 15.4. The summed E-state index contributed by atoms with van der Waals surface area (Å²) in [6.45, 7) is 17.7. The Morgan fingerprint density at radius 3 is 2.00 bits per heavy atom. The molecule has 0 aliphatic rings. The third kappa shape index (κ3) is 5.86. The van der Waals surface area contributed by atoms with Gasteiger partial charge >= 0.3 is 0 Å². The van der Waals surface area contributed by atoms with Crippen LogP contribution in [0.3, 0.4) is 0 Å². The third-order valence-electron chi connectivity index (χ3n) is 2.16. The number of hydrogen-bond donors (Lipinski definition) is 0. The summed E-state index contributed by atoms with van der Waals surface area (Å²) in [4.78, 5) is 4.58. The van der Waals surface area contributed by atoms with Crippen LogP contribution < -0.4 is 0 Å². The van der Waals surface area contributed by atoms with E-state index in [9.17, 15) is 0 Å². The van der Waals surface area contributed by atoms with Crippen LogP contribution in [0.2, 0.25) is 0 Å². The van der Waals surface area contributed by atoms with Gasteiger partial charge in [0, 0.05) is 5.71 Å². The van der Waals surface area contributed by atoms with Crippen molar-refractivity contribution >= 4 is 5.71 Å². The van der Waals surface area contributed by atoms with E-state index in [1.54, 1.807) is 0 Å². The molecule has 0 unspecified atom stereocenters. The lowest BCUT2D eigenvalue weighted by Crippen LogP contribution is -1.97. The molecule has 1 heteroatoms. The quantitative estimate of drug-likeness (QED) is 0.464. The SMILES string of the molecule is C=C(C)/C=C(\C=C/C)C(/C)=N\C(=C/C)C(=C)C. The lowest BCUT2D eigenvalue weighted by molar-refractivity contribution is 1.27. The summed E-state index contributed by atoms with van der Waals surface area (Å²) >= 11 is 0. The Hall–Kier alpha value is -1.63. The third-order valence-corrected chi connectivity index (χ3v) is 2.16. The predicted octanol–water partition coefficient (Wildman–Crippen LogP) is 5.01. The molecule has 92 valence electrons. The first-order chi connectivity index (χ1) is 7.92. The highest BCUT2D eigenvalue weighted by Crippen LogP contribution is 2.12. The highest BCUT2D eigenvalue weighted by atomic mass is 14.8. The summed E-state index contributed by atoms with van der Waals surface area (Å²) in [6.07, 6.45) is 8.05. The van der Waals surface area contributed by atoms with Crippen LogP contribution in [0.5, 0.6) is 0 Å². The van der Waals surface area contributed by atoms with Gasteiger partial charge in [-0.2, -0.15) is 0 Å². The van der Waals surface area contributed by atoms with Gasteiger partial charge in [0.1, 0.15) is 0 Å². The molecule has 0 amide bonds. The van der Waals surface area contributed by atoms with E-state index in [0.717, 1.165) is 28.1 Å². The number of hydrogen-bond acceptors (Lipinski definition) is 1. The van der Waals surface area contributed by atoms with Crippen molar-refractivity contribution in [2.24, 2.45) is 4.99 Å². The molecule has 0 N–H and O–H groups in total. The molecule has 0 aromatic heterocycles. The molecular weight excluding hydrogens is 206 g/mol. The summed E-state index contributed by atoms with van der Waals surface area (Å²) in [5.74, 6) is 0. The molecule has 0 heterocycles. The second kappa shape index (κ2) is 7.61. The molecule has 0 bridgehead atoms. The molecule has 0 fully saturated rings. The van der Waals surface area contributed by atoms with Gasteiger partial charge in [0.2, 0.25) is 0 Å². The van der Waals surface area contributed by atoms with Crippen molar-refractivity contribution in [2.45, 2.75) is 34.6 Å². The van der Waals surface area contributed by atoms with Gasteiger partial charge in [-0.25, -0.2) is 0 Å². The topological polar surface area (TPSA) is 12.4 Å².